The first-order chi connectivity index (χ1) is 17.4. The van der Waals surface area contributed by atoms with Crippen LogP contribution in [0.25, 0.3) is 11.9 Å². The number of hydrogen-bond acceptors (Lipinski definition) is 8. The number of fused-ring (bicyclic) bond motifs is 3. The van der Waals surface area contributed by atoms with Crippen molar-refractivity contribution in [3.8, 4) is 5.82 Å². The predicted molar refractivity (Wildman–Crippen MR) is 135 cm³/mol. The van der Waals surface area contributed by atoms with Gasteiger partial charge in [0.25, 0.3) is 0 Å². The lowest BCUT2D eigenvalue weighted by Crippen LogP contribution is -2.55. The molecule has 0 bridgehead atoms. The first kappa shape index (κ1) is 24.1. The lowest BCUT2D eigenvalue weighted by molar-refractivity contribution is 0.233. The Morgan fingerprint density at radius 3 is 2.92 bits per heavy atom. The molecule has 1 unspecified atom stereocenters. The van der Waals surface area contributed by atoms with Crippen molar-refractivity contribution >= 4 is 23.5 Å². The predicted octanol–water partition coefficient (Wildman–Crippen LogP) is 2.39. The van der Waals surface area contributed by atoms with Gasteiger partial charge in [-0.15, -0.1) is 0 Å². The third-order valence-electron chi connectivity index (χ3n) is 6.81. The van der Waals surface area contributed by atoms with E-state index in [4.69, 9.17) is 10.8 Å². The van der Waals surface area contributed by atoms with Gasteiger partial charge in [-0.1, -0.05) is 12.2 Å². The van der Waals surface area contributed by atoms with E-state index in [9.17, 15) is 8.78 Å². The number of anilines is 3. The highest BCUT2D eigenvalue weighted by molar-refractivity contribution is 5.58. The fraction of sp³-hybridized carbons (Fsp3) is 0.400. The Morgan fingerprint density at radius 1 is 1.22 bits per heavy atom. The minimum atomic E-state index is -0.518. The van der Waals surface area contributed by atoms with Gasteiger partial charge in [-0.05, 0) is 25.8 Å². The highest BCUT2D eigenvalue weighted by atomic mass is 19.1. The molecule has 1 aromatic carbocycles. The quantitative estimate of drug-likeness (QED) is 0.458. The molecule has 190 valence electrons. The standard InChI is InChI=1S/C25H30F2N8O/c1-16-17(14-30-35(16)24-13-23(29-6-10-36)31-25(28)32-24)3-2-7-33-8-9-34-19(15-33)4-5-20-21(27)11-18(26)12-22(20)34/h2-3,11-14,19,36H,4-10,15H2,1H3,(H3,28,29,31,32)/b3-2+. The maximum absolute atomic E-state index is 14.2. The molecule has 0 aliphatic carbocycles. The second-order valence-corrected chi connectivity index (χ2v) is 9.15. The first-order valence-electron chi connectivity index (χ1n) is 12.1. The SMILES string of the molecule is Cc1c(/C=C/CN2CCN3c4cc(F)cc(F)c4CCC3C2)cnn1-c1cc(NCCO)nc(N)n1. The molecule has 5 rings (SSSR count). The third kappa shape index (κ3) is 4.89. The van der Waals surface area contributed by atoms with Crippen LogP contribution in [-0.2, 0) is 6.42 Å². The number of aliphatic hydroxyl groups is 1. The summed E-state index contributed by atoms with van der Waals surface area (Å²) in [7, 11) is 0. The van der Waals surface area contributed by atoms with Crippen molar-refractivity contribution in [3.05, 3.63) is 58.9 Å². The molecule has 36 heavy (non-hydrogen) atoms. The zero-order chi connectivity index (χ0) is 25.2. The van der Waals surface area contributed by atoms with Crippen LogP contribution in [0.15, 0.2) is 30.5 Å². The van der Waals surface area contributed by atoms with Crippen LogP contribution in [0.2, 0.25) is 0 Å². The van der Waals surface area contributed by atoms with Crippen LogP contribution < -0.4 is 16.0 Å². The van der Waals surface area contributed by atoms with E-state index in [1.165, 1.54) is 6.07 Å². The normalized spacial score (nSPS) is 17.9. The van der Waals surface area contributed by atoms with Crippen molar-refractivity contribution in [2.24, 2.45) is 0 Å². The van der Waals surface area contributed by atoms with Crippen molar-refractivity contribution in [1.29, 1.82) is 0 Å². The van der Waals surface area contributed by atoms with E-state index < -0.39 is 11.6 Å². The number of rotatable bonds is 7. The molecule has 2 aromatic heterocycles. The number of benzene rings is 1. The van der Waals surface area contributed by atoms with Crippen LogP contribution in [0, 0.1) is 18.6 Å². The summed E-state index contributed by atoms with van der Waals surface area (Å²) in [6.07, 6.45) is 7.43. The molecule has 2 aliphatic heterocycles. The summed E-state index contributed by atoms with van der Waals surface area (Å²) in [5, 5.41) is 16.5. The summed E-state index contributed by atoms with van der Waals surface area (Å²) >= 11 is 0. The summed E-state index contributed by atoms with van der Waals surface area (Å²) in [5.74, 6) is 0.229. The number of nitrogens with zero attached hydrogens (tertiary/aromatic N) is 6. The van der Waals surface area contributed by atoms with E-state index >= 15 is 0 Å². The Kier molecular flexibility index (Phi) is 6.84. The molecule has 0 radical (unpaired) electrons. The van der Waals surface area contributed by atoms with Crippen LogP contribution in [0.1, 0.15) is 23.2 Å². The summed E-state index contributed by atoms with van der Waals surface area (Å²) in [4.78, 5) is 12.9. The molecule has 1 saturated heterocycles. The molecule has 1 fully saturated rings. The van der Waals surface area contributed by atoms with Crippen LogP contribution in [-0.4, -0.2) is 75.1 Å². The lowest BCUT2D eigenvalue weighted by Gasteiger charge is -2.46. The molecular weight excluding hydrogens is 466 g/mol. The topological polar surface area (TPSA) is 108 Å². The van der Waals surface area contributed by atoms with E-state index in [2.05, 4.69) is 36.3 Å². The van der Waals surface area contributed by atoms with Gasteiger partial charge in [0.15, 0.2) is 5.82 Å². The van der Waals surface area contributed by atoms with E-state index in [1.807, 2.05) is 13.0 Å². The van der Waals surface area contributed by atoms with E-state index in [-0.39, 0.29) is 18.6 Å². The molecule has 11 heteroatoms. The minimum absolute atomic E-state index is 0.0187. The number of nitrogen functional groups attached to an aromatic ring is 1. The van der Waals surface area contributed by atoms with Crippen molar-refractivity contribution in [2.45, 2.75) is 25.8 Å². The van der Waals surface area contributed by atoms with Gasteiger partial charge in [0.1, 0.15) is 17.5 Å². The van der Waals surface area contributed by atoms with Gasteiger partial charge in [-0.3, -0.25) is 4.90 Å². The molecule has 4 N–H and O–H groups in total. The fourth-order valence-corrected chi connectivity index (χ4v) is 5.04. The Hall–Kier alpha value is -3.57. The molecule has 2 aliphatic rings. The van der Waals surface area contributed by atoms with Crippen LogP contribution >= 0.6 is 0 Å². The first-order valence-corrected chi connectivity index (χ1v) is 12.1. The molecule has 4 heterocycles. The van der Waals surface area contributed by atoms with Crippen molar-refractivity contribution in [2.75, 3.05) is 55.3 Å². The number of piperazine rings is 1. The Labute approximate surface area is 208 Å². The minimum Gasteiger partial charge on any atom is -0.395 e. The number of halogens is 2. The van der Waals surface area contributed by atoms with E-state index in [1.54, 1.807) is 16.9 Å². The van der Waals surface area contributed by atoms with Gasteiger partial charge in [0, 0.05) is 67.7 Å². The van der Waals surface area contributed by atoms with Crippen molar-refractivity contribution in [1.82, 2.24) is 24.6 Å². The molecule has 1 atom stereocenters. The third-order valence-corrected chi connectivity index (χ3v) is 6.81. The van der Waals surface area contributed by atoms with Gasteiger partial charge >= 0.3 is 0 Å². The highest BCUT2D eigenvalue weighted by Gasteiger charge is 2.33. The van der Waals surface area contributed by atoms with Crippen LogP contribution in [0.3, 0.4) is 0 Å². The highest BCUT2D eigenvalue weighted by Crippen LogP contribution is 2.35. The Balaban J connectivity index is 1.23. The maximum atomic E-state index is 14.2. The Bertz CT molecular complexity index is 1280. The zero-order valence-corrected chi connectivity index (χ0v) is 20.2. The van der Waals surface area contributed by atoms with Crippen molar-refractivity contribution < 1.29 is 13.9 Å². The van der Waals surface area contributed by atoms with Gasteiger partial charge in [0.2, 0.25) is 5.95 Å². The van der Waals surface area contributed by atoms with Crippen molar-refractivity contribution in [3.63, 3.8) is 0 Å². The zero-order valence-electron chi connectivity index (χ0n) is 20.2. The largest absolute Gasteiger partial charge is 0.395 e. The monoisotopic (exact) mass is 496 g/mol. The molecule has 0 spiro atoms. The summed E-state index contributed by atoms with van der Waals surface area (Å²) in [6.45, 7) is 5.49. The summed E-state index contributed by atoms with van der Waals surface area (Å²) in [6, 6.07) is 4.44. The Morgan fingerprint density at radius 2 is 2.08 bits per heavy atom. The molecule has 0 saturated carbocycles. The second kappa shape index (κ2) is 10.2. The number of nitrogens with two attached hydrogens (primary N) is 1. The van der Waals surface area contributed by atoms with E-state index in [0.717, 1.165) is 49.9 Å². The number of aromatic nitrogens is 4. The average molecular weight is 497 g/mol. The smallest absolute Gasteiger partial charge is 0.224 e. The average Bonchev–Trinajstić information content (AvgIpc) is 3.22. The second-order valence-electron chi connectivity index (χ2n) is 9.15. The van der Waals surface area contributed by atoms with Crippen LogP contribution in [0.4, 0.5) is 26.2 Å². The number of nitrogens with one attached hydrogen (secondary N) is 1. The summed E-state index contributed by atoms with van der Waals surface area (Å²) < 4.78 is 29.7. The fourth-order valence-electron chi connectivity index (χ4n) is 5.04. The maximum Gasteiger partial charge on any atom is 0.224 e. The molecule has 9 nitrogen and oxygen atoms in total. The molecule has 3 aromatic rings. The van der Waals surface area contributed by atoms with E-state index in [0.29, 0.717) is 35.9 Å². The summed E-state index contributed by atoms with van der Waals surface area (Å²) in [5.41, 5.74) is 9.07. The number of aliphatic hydroxyl groups excluding tert-OH is 1. The van der Waals surface area contributed by atoms with Gasteiger partial charge in [0.05, 0.1) is 18.5 Å². The van der Waals surface area contributed by atoms with Crippen LogP contribution in [0.5, 0.6) is 0 Å². The molecule has 0 amide bonds. The van der Waals surface area contributed by atoms with Gasteiger partial charge in [-0.25, -0.2) is 13.5 Å². The van der Waals surface area contributed by atoms with Gasteiger partial charge in [-0.2, -0.15) is 15.1 Å². The van der Waals surface area contributed by atoms with Gasteiger partial charge < -0.3 is 21.1 Å². The number of hydrogen-bond donors (Lipinski definition) is 3. The lowest BCUT2D eigenvalue weighted by atomic mass is 9.93. The molecular formula is C25H30F2N8O.